The van der Waals surface area contributed by atoms with Gasteiger partial charge in [0.25, 0.3) is 5.91 Å². The molecule has 2 N–H and O–H groups in total. The lowest BCUT2D eigenvalue weighted by molar-refractivity contribution is -0.151. The van der Waals surface area contributed by atoms with Crippen molar-refractivity contribution in [2.45, 2.75) is 24.8 Å². The highest BCUT2D eigenvalue weighted by atomic mass is 32.2. The first-order valence-corrected chi connectivity index (χ1v) is 11.0. The summed E-state index contributed by atoms with van der Waals surface area (Å²) in [6.45, 7) is 1.06. The van der Waals surface area contributed by atoms with Crippen LogP contribution in [0.25, 0.3) is 10.1 Å². The average Bonchev–Trinajstić information content (AvgIpc) is 3.11. The minimum Gasteiger partial charge on any atom is -0.477 e. The Hall–Kier alpha value is -2.85. The van der Waals surface area contributed by atoms with Gasteiger partial charge in [-0.3, -0.25) is 19.3 Å². The Morgan fingerprint density at radius 2 is 2.07 bits per heavy atom. The van der Waals surface area contributed by atoms with E-state index in [-0.39, 0.29) is 24.6 Å². The van der Waals surface area contributed by atoms with Crippen molar-refractivity contribution in [3.63, 3.8) is 0 Å². The number of nitrogens with one attached hydrogen (secondary N) is 1. The molecule has 2 aromatic rings. The Morgan fingerprint density at radius 1 is 1.30 bits per heavy atom. The number of esters is 1. The van der Waals surface area contributed by atoms with Crippen LogP contribution >= 0.6 is 23.1 Å². The lowest BCUT2D eigenvalue weighted by atomic mass is 10.0. The molecule has 30 heavy (non-hydrogen) atoms. The third-order valence-electron chi connectivity index (χ3n) is 4.83. The zero-order chi connectivity index (χ0) is 21.4. The number of ether oxygens (including phenoxy) is 1. The van der Waals surface area contributed by atoms with Gasteiger partial charge >= 0.3 is 11.9 Å². The summed E-state index contributed by atoms with van der Waals surface area (Å²) in [5, 5.41) is 12.9. The van der Waals surface area contributed by atoms with E-state index in [1.165, 1.54) is 34.9 Å². The predicted molar refractivity (Wildman–Crippen MR) is 112 cm³/mol. The van der Waals surface area contributed by atoms with Crippen molar-refractivity contribution in [1.82, 2.24) is 10.2 Å². The second-order valence-corrected chi connectivity index (χ2v) is 9.19. The first-order chi connectivity index (χ1) is 14.3. The number of rotatable bonds is 6. The molecule has 2 atom stereocenters. The largest absolute Gasteiger partial charge is 0.477 e. The second-order valence-electron chi connectivity index (χ2n) is 6.92. The Morgan fingerprint density at radius 3 is 2.77 bits per heavy atom. The van der Waals surface area contributed by atoms with E-state index in [9.17, 15) is 24.3 Å². The van der Waals surface area contributed by atoms with Gasteiger partial charge in [-0.05, 0) is 17.5 Å². The fraction of sp³-hybridized carbons (Fsp3) is 0.300. The van der Waals surface area contributed by atoms with Gasteiger partial charge < -0.3 is 15.2 Å². The Balaban J connectivity index is 1.44. The zero-order valence-corrected chi connectivity index (χ0v) is 17.5. The fourth-order valence-electron chi connectivity index (χ4n) is 3.49. The maximum atomic E-state index is 12.6. The van der Waals surface area contributed by atoms with Crippen LogP contribution in [0, 0.1) is 0 Å². The lowest BCUT2D eigenvalue weighted by Gasteiger charge is -2.49. The van der Waals surface area contributed by atoms with Gasteiger partial charge in [-0.1, -0.05) is 18.2 Å². The van der Waals surface area contributed by atoms with E-state index in [2.05, 4.69) is 5.32 Å². The van der Waals surface area contributed by atoms with E-state index in [0.29, 0.717) is 11.3 Å². The molecular formula is C20H18N2O6S2. The van der Waals surface area contributed by atoms with Gasteiger partial charge in [0.1, 0.15) is 23.7 Å². The summed E-state index contributed by atoms with van der Waals surface area (Å²) in [5.41, 5.74) is 0.197. The molecule has 0 radical (unpaired) electrons. The average molecular weight is 447 g/mol. The van der Waals surface area contributed by atoms with Gasteiger partial charge in [0.2, 0.25) is 5.91 Å². The van der Waals surface area contributed by atoms with Crippen molar-refractivity contribution in [2.24, 2.45) is 0 Å². The van der Waals surface area contributed by atoms with Gasteiger partial charge in [0, 0.05) is 27.8 Å². The summed E-state index contributed by atoms with van der Waals surface area (Å²) in [6, 6.07) is 9.02. The molecule has 1 aromatic heterocycles. The van der Waals surface area contributed by atoms with Crippen LogP contribution in [-0.2, 0) is 30.3 Å². The molecule has 0 unspecified atom stereocenters. The number of carbonyl (C=O) groups is 4. The highest BCUT2D eigenvalue weighted by Crippen LogP contribution is 2.40. The van der Waals surface area contributed by atoms with Crippen LogP contribution in [-0.4, -0.2) is 57.5 Å². The Bertz CT molecular complexity index is 1060. The van der Waals surface area contributed by atoms with Crippen molar-refractivity contribution < 1.29 is 29.0 Å². The number of fused-ring (bicyclic) bond motifs is 2. The number of carboxylic acid groups (broad SMARTS) is 1. The molecule has 0 spiro atoms. The number of hydrogen-bond donors (Lipinski definition) is 2. The quantitative estimate of drug-likeness (QED) is 0.513. The van der Waals surface area contributed by atoms with Crippen LogP contribution in [0.1, 0.15) is 11.8 Å². The molecule has 156 valence electrons. The SMILES string of the molecule is CC(=O)OCC1=C(C(=O)O)N2C(=O)[C@@H](NC(=O)Cc3cc4ccccc4s3)[C@H]2SC1. The van der Waals surface area contributed by atoms with E-state index in [1.807, 2.05) is 30.3 Å². The number of hydrogen-bond acceptors (Lipinski definition) is 7. The number of aliphatic carboxylic acids is 1. The van der Waals surface area contributed by atoms with Gasteiger partial charge in [-0.15, -0.1) is 23.1 Å². The number of nitrogens with zero attached hydrogens (tertiary/aromatic N) is 1. The first kappa shape index (κ1) is 20.4. The summed E-state index contributed by atoms with van der Waals surface area (Å²) in [5.74, 6) is -2.25. The smallest absolute Gasteiger partial charge is 0.352 e. The fourth-order valence-corrected chi connectivity index (χ4v) is 5.88. The molecule has 4 rings (SSSR count). The monoisotopic (exact) mass is 446 g/mol. The van der Waals surface area contributed by atoms with E-state index >= 15 is 0 Å². The molecule has 3 heterocycles. The number of carboxylic acids is 1. The topological polar surface area (TPSA) is 113 Å². The maximum absolute atomic E-state index is 12.6. The molecule has 2 aliphatic rings. The van der Waals surface area contributed by atoms with E-state index in [4.69, 9.17) is 4.74 Å². The first-order valence-electron chi connectivity index (χ1n) is 9.15. The standard InChI is InChI=1S/C20H18N2O6S2/c1-10(23)28-8-12-9-29-19-16(18(25)22(19)17(12)20(26)27)21-15(24)7-13-6-11-4-2-3-5-14(11)30-13/h2-6,16,19H,7-9H2,1H3,(H,21,24)(H,26,27)/t16-,19-/m1/s1. The summed E-state index contributed by atoms with van der Waals surface area (Å²) >= 11 is 2.86. The summed E-state index contributed by atoms with van der Waals surface area (Å²) in [4.78, 5) is 49.9. The van der Waals surface area contributed by atoms with Gasteiger partial charge in [0.15, 0.2) is 0 Å². The molecule has 10 heteroatoms. The van der Waals surface area contributed by atoms with Crippen LogP contribution in [0.3, 0.4) is 0 Å². The van der Waals surface area contributed by atoms with Crippen molar-refractivity contribution in [1.29, 1.82) is 0 Å². The number of carbonyl (C=O) groups excluding carboxylic acids is 3. The minimum absolute atomic E-state index is 0.153. The molecule has 0 saturated carbocycles. The maximum Gasteiger partial charge on any atom is 0.352 e. The van der Waals surface area contributed by atoms with Crippen LogP contribution in [0.15, 0.2) is 41.6 Å². The molecule has 2 amide bonds. The predicted octanol–water partition coefficient (Wildman–Crippen LogP) is 1.75. The third kappa shape index (κ3) is 3.80. The Labute approximate surface area is 179 Å². The summed E-state index contributed by atoms with van der Waals surface area (Å²) < 4.78 is 6.00. The number of thioether (sulfide) groups is 1. The molecule has 1 saturated heterocycles. The molecule has 1 fully saturated rings. The van der Waals surface area contributed by atoms with Crippen molar-refractivity contribution in [2.75, 3.05) is 12.4 Å². The molecule has 8 nitrogen and oxygen atoms in total. The van der Waals surface area contributed by atoms with Crippen LogP contribution in [0.4, 0.5) is 0 Å². The highest BCUT2D eigenvalue weighted by Gasteiger charge is 2.54. The van der Waals surface area contributed by atoms with Crippen molar-refractivity contribution in [3.05, 3.63) is 46.5 Å². The minimum atomic E-state index is -1.26. The zero-order valence-electron chi connectivity index (χ0n) is 15.9. The lowest BCUT2D eigenvalue weighted by Crippen LogP contribution is -2.70. The summed E-state index contributed by atoms with van der Waals surface area (Å²) in [6.07, 6.45) is 0.153. The van der Waals surface area contributed by atoms with Crippen LogP contribution in [0.5, 0.6) is 0 Å². The number of β-lactam (4-membered cyclic amide) rings is 1. The van der Waals surface area contributed by atoms with Crippen molar-refractivity contribution in [3.8, 4) is 0 Å². The molecule has 2 aliphatic heterocycles. The van der Waals surface area contributed by atoms with E-state index < -0.39 is 29.3 Å². The molecule has 0 bridgehead atoms. The van der Waals surface area contributed by atoms with E-state index in [1.54, 1.807) is 0 Å². The molecule has 0 aliphatic carbocycles. The normalized spacial score (nSPS) is 20.6. The van der Waals surface area contributed by atoms with Gasteiger partial charge in [-0.2, -0.15) is 0 Å². The van der Waals surface area contributed by atoms with Gasteiger partial charge in [0.05, 0.1) is 6.42 Å². The van der Waals surface area contributed by atoms with E-state index in [0.717, 1.165) is 15.0 Å². The number of thiophene rings is 1. The van der Waals surface area contributed by atoms with Crippen LogP contribution in [0.2, 0.25) is 0 Å². The Kier molecular flexibility index (Phi) is 5.52. The number of benzene rings is 1. The molecule has 1 aromatic carbocycles. The summed E-state index contributed by atoms with van der Waals surface area (Å²) in [7, 11) is 0. The number of amides is 2. The third-order valence-corrected chi connectivity index (χ3v) is 7.28. The van der Waals surface area contributed by atoms with Crippen molar-refractivity contribution >= 4 is 56.9 Å². The van der Waals surface area contributed by atoms with Crippen LogP contribution < -0.4 is 5.32 Å². The second kappa shape index (κ2) is 8.11. The highest BCUT2D eigenvalue weighted by molar-refractivity contribution is 8.00. The molecular weight excluding hydrogens is 428 g/mol. The van der Waals surface area contributed by atoms with Gasteiger partial charge in [-0.25, -0.2) is 4.79 Å².